The van der Waals surface area contributed by atoms with Crippen molar-refractivity contribution in [3.05, 3.63) is 36.7 Å². The number of anilines is 3. The molecule has 2 aliphatic rings. The third-order valence-corrected chi connectivity index (χ3v) is 5.74. The Kier molecular flexibility index (Phi) is 3.74. The number of nitrogens with zero attached hydrogens (tertiary/aromatic N) is 4. The zero-order valence-electron chi connectivity index (χ0n) is 14.7. The van der Waals surface area contributed by atoms with Crippen LogP contribution in [0.5, 0.6) is 0 Å². The van der Waals surface area contributed by atoms with E-state index >= 15 is 0 Å². The van der Waals surface area contributed by atoms with Gasteiger partial charge in [-0.05, 0) is 62.0 Å². The van der Waals surface area contributed by atoms with Crippen molar-refractivity contribution >= 4 is 28.4 Å². The summed E-state index contributed by atoms with van der Waals surface area (Å²) in [6, 6.07) is 8.04. The number of hydrogen-bond donors (Lipinski definition) is 3. The molecule has 0 atom stereocenters. The predicted molar refractivity (Wildman–Crippen MR) is 103 cm³/mol. The van der Waals surface area contributed by atoms with Gasteiger partial charge in [0.05, 0.1) is 11.7 Å². The van der Waals surface area contributed by atoms with E-state index in [1.165, 1.54) is 19.3 Å². The number of aromatic amines is 1. The summed E-state index contributed by atoms with van der Waals surface area (Å²) in [6.45, 7) is 4.38. The number of nitrogens with one attached hydrogen (secondary N) is 3. The normalized spacial score (nSPS) is 19.3. The van der Waals surface area contributed by atoms with Gasteiger partial charge < -0.3 is 15.5 Å². The Labute approximate surface area is 152 Å². The van der Waals surface area contributed by atoms with E-state index in [0.29, 0.717) is 5.41 Å². The molecule has 2 fully saturated rings. The SMILES string of the molecule is c1cc(Nc2ccc3[nH]ncc3c2)nc(N2CCC3(CCNCC3)C2)n1. The summed E-state index contributed by atoms with van der Waals surface area (Å²) in [6.07, 6.45) is 7.42. The predicted octanol–water partition coefficient (Wildman–Crippen LogP) is 2.68. The average Bonchev–Trinajstić information content (AvgIpc) is 3.30. The Hall–Kier alpha value is -2.67. The highest BCUT2D eigenvalue weighted by Gasteiger charge is 2.39. The maximum atomic E-state index is 4.76. The molecule has 0 unspecified atom stereocenters. The van der Waals surface area contributed by atoms with E-state index in [4.69, 9.17) is 4.98 Å². The molecule has 0 radical (unpaired) electrons. The molecule has 0 saturated carbocycles. The largest absolute Gasteiger partial charge is 0.340 e. The van der Waals surface area contributed by atoms with E-state index in [0.717, 1.165) is 54.5 Å². The molecule has 7 nitrogen and oxygen atoms in total. The van der Waals surface area contributed by atoms with E-state index in [1.807, 2.05) is 30.6 Å². The second kappa shape index (κ2) is 6.25. The molecule has 2 aliphatic heterocycles. The van der Waals surface area contributed by atoms with Gasteiger partial charge in [0.15, 0.2) is 0 Å². The molecule has 5 rings (SSSR count). The first-order valence-corrected chi connectivity index (χ1v) is 9.29. The van der Waals surface area contributed by atoms with Gasteiger partial charge in [0.2, 0.25) is 5.95 Å². The lowest BCUT2D eigenvalue weighted by Crippen LogP contribution is -2.38. The second-order valence-corrected chi connectivity index (χ2v) is 7.46. The van der Waals surface area contributed by atoms with E-state index in [-0.39, 0.29) is 0 Å². The van der Waals surface area contributed by atoms with Crippen LogP contribution in [0.15, 0.2) is 36.7 Å². The summed E-state index contributed by atoms with van der Waals surface area (Å²) in [5.74, 6) is 1.65. The molecule has 3 aromatic rings. The molecule has 26 heavy (non-hydrogen) atoms. The fourth-order valence-electron chi connectivity index (χ4n) is 4.21. The monoisotopic (exact) mass is 349 g/mol. The van der Waals surface area contributed by atoms with Gasteiger partial charge in [-0.25, -0.2) is 4.98 Å². The van der Waals surface area contributed by atoms with Crippen molar-refractivity contribution < 1.29 is 0 Å². The van der Waals surface area contributed by atoms with Crippen LogP contribution < -0.4 is 15.5 Å². The first-order chi connectivity index (χ1) is 12.8. The zero-order valence-corrected chi connectivity index (χ0v) is 14.7. The van der Waals surface area contributed by atoms with Crippen LogP contribution in [0.3, 0.4) is 0 Å². The second-order valence-electron chi connectivity index (χ2n) is 7.46. The van der Waals surface area contributed by atoms with E-state index < -0.39 is 0 Å². The molecule has 0 bridgehead atoms. The zero-order chi connectivity index (χ0) is 17.4. The fraction of sp³-hybridized carbons (Fsp3) is 0.421. The Bertz CT molecular complexity index is 913. The Morgan fingerprint density at radius 3 is 2.96 bits per heavy atom. The molecule has 4 heterocycles. The molecule has 7 heteroatoms. The molecular weight excluding hydrogens is 326 g/mol. The van der Waals surface area contributed by atoms with Crippen LogP contribution >= 0.6 is 0 Å². The van der Waals surface area contributed by atoms with Gasteiger partial charge in [-0.2, -0.15) is 10.1 Å². The quantitative estimate of drug-likeness (QED) is 0.674. The third-order valence-electron chi connectivity index (χ3n) is 5.74. The minimum Gasteiger partial charge on any atom is -0.340 e. The number of aromatic nitrogens is 4. The molecule has 0 amide bonds. The molecule has 1 aromatic carbocycles. The van der Waals surface area contributed by atoms with Gasteiger partial charge in [0, 0.05) is 30.4 Å². The molecule has 1 spiro atoms. The van der Waals surface area contributed by atoms with E-state index in [1.54, 1.807) is 0 Å². The summed E-state index contributed by atoms with van der Waals surface area (Å²) in [4.78, 5) is 11.6. The van der Waals surface area contributed by atoms with Gasteiger partial charge in [-0.1, -0.05) is 0 Å². The summed E-state index contributed by atoms with van der Waals surface area (Å²) >= 11 is 0. The lowest BCUT2D eigenvalue weighted by Gasteiger charge is -2.33. The smallest absolute Gasteiger partial charge is 0.227 e. The highest BCUT2D eigenvalue weighted by atomic mass is 15.3. The fourth-order valence-corrected chi connectivity index (χ4v) is 4.21. The number of rotatable bonds is 3. The molecule has 2 saturated heterocycles. The van der Waals surface area contributed by atoms with Gasteiger partial charge in [0.25, 0.3) is 0 Å². The van der Waals surface area contributed by atoms with Gasteiger partial charge in [-0.3, -0.25) is 5.10 Å². The van der Waals surface area contributed by atoms with Crippen LogP contribution in [0.25, 0.3) is 10.9 Å². The van der Waals surface area contributed by atoms with Crippen molar-refractivity contribution in [1.29, 1.82) is 0 Å². The summed E-state index contributed by atoms with van der Waals surface area (Å²) in [5.41, 5.74) is 2.48. The molecular formula is C19H23N7. The summed E-state index contributed by atoms with van der Waals surface area (Å²) < 4.78 is 0. The van der Waals surface area contributed by atoms with Crippen molar-refractivity contribution in [2.45, 2.75) is 19.3 Å². The van der Waals surface area contributed by atoms with Crippen molar-refractivity contribution in [1.82, 2.24) is 25.5 Å². The number of benzene rings is 1. The highest BCUT2D eigenvalue weighted by Crippen LogP contribution is 2.39. The van der Waals surface area contributed by atoms with Crippen molar-refractivity contribution in [3.8, 4) is 0 Å². The summed E-state index contributed by atoms with van der Waals surface area (Å²) in [7, 11) is 0. The lowest BCUT2D eigenvalue weighted by molar-refractivity contribution is 0.232. The van der Waals surface area contributed by atoms with Gasteiger partial charge in [0.1, 0.15) is 5.82 Å². The third kappa shape index (κ3) is 2.88. The van der Waals surface area contributed by atoms with E-state index in [9.17, 15) is 0 Å². The lowest BCUT2D eigenvalue weighted by atomic mass is 9.78. The Morgan fingerprint density at radius 2 is 2.04 bits per heavy atom. The number of piperidine rings is 1. The van der Waals surface area contributed by atoms with Crippen LogP contribution in [0.4, 0.5) is 17.5 Å². The van der Waals surface area contributed by atoms with Crippen LogP contribution in [0.2, 0.25) is 0 Å². The minimum atomic E-state index is 0.449. The summed E-state index contributed by atoms with van der Waals surface area (Å²) in [5, 5.41) is 15.0. The van der Waals surface area contributed by atoms with Crippen molar-refractivity contribution in [2.24, 2.45) is 5.41 Å². The van der Waals surface area contributed by atoms with Crippen molar-refractivity contribution in [3.63, 3.8) is 0 Å². The van der Waals surface area contributed by atoms with Crippen LogP contribution in [0, 0.1) is 5.41 Å². The molecule has 3 N–H and O–H groups in total. The first-order valence-electron chi connectivity index (χ1n) is 9.29. The number of fused-ring (bicyclic) bond motifs is 1. The molecule has 2 aromatic heterocycles. The Morgan fingerprint density at radius 1 is 1.12 bits per heavy atom. The van der Waals surface area contributed by atoms with Gasteiger partial charge in [-0.15, -0.1) is 0 Å². The Balaban J connectivity index is 1.34. The minimum absolute atomic E-state index is 0.449. The standard InChI is InChI=1S/C19H23N7/c1-2-16-14(12-22-25-16)11-15(1)23-17-3-7-21-18(24-17)26-10-6-19(13-26)4-8-20-9-5-19/h1-3,7,11-12,20H,4-6,8-10,13H2,(H,22,25)(H,21,23,24). The van der Waals surface area contributed by atoms with Crippen LogP contribution in [-0.2, 0) is 0 Å². The number of hydrogen-bond acceptors (Lipinski definition) is 6. The highest BCUT2D eigenvalue weighted by molar-refractivity contribution is 5.82. The number of H-pyrrole nitrogens is 1. The van der Waals surface area contributed by atoms with Crippen molar-refractivity contribution in [2.75, 3.05) is 36.4 Å². The maximum absolute atomic E-state index is 4.76. The average molecular weight is 349 g/mol. The molecule has 134 valence electrons. The topological polar surface area (TPSA) is 81.8 Å². The van der Waals surface area contributed by atoms with Gasteiger partial charge >= 0.3 is 0 Å². The van der Waals surface area contributed by atoms with Crippen LogP contribution in [0.1, 0.15) is 19.3 Å². The van der Waals surface area contributed by atoms with Crippen LogP contribution in [-0.4, -0.2) is 46.3 Å². The van der Waals surface area contributed by atoms with E-state index in [2.05, 4.69) is 36.8 Å². The molecule has 0 aliphatic carbocycles. The first kappa shape index (κ1) is 15.6. The maximum Gasteiger partial charge on any atom is 0.227 e.